The third-order valence-electron chi connectivity index (χ3n) is 10.1. The summed E-state index contributed by atoms with van der Waals surface area (Å²) in [5, 5.41) is 7.34. The Bertz CT molecular complexity index is 2550. The van der Waals surface area contributed by atoms with Crippen molar-refractivity contribution in [3.8, 4) is 28.3 Å². The molecule has 0 saturated carbocycles. The third kappa shape index (κ3) is 10.1. The summed E-state index contributed by atoms with van der Waals surface area (Å²) in [6.07, 6.45) is 0. The molecule has 4 aromatic carbocycles. The lowest BCUT2D eigenvalue weighted by Gasteiger charge is -2.33. The Morgan fingerprint density at radius 2 is 1.08 bits per heavy atom. The van der Waals surface area contributed by atoms with Gasteiger partial charge in [0.2, 0.25) is 20.0 Å². The topological polar surface area (TPSA) is 116 Å². The van der Waals surface area contributed by atoms with Gasteiger partial charge < -0.3 is 14.5 Å². The molecule has 2 aliphatic heterocycles. The number of sulfonamides is 2. The highest BCUT2D eigenvalue weighted by atomic mass is 79.9. The second-order valence-electron chi connectivity index (χ2n) is 13.9. The van der Waals surface area contributed by atoms with E-state index in [1.54, 1.807) is 62.7 Å². The summed E-state index contributed by atoms with van der Waals surface area (Å²) >= 11 is 9.95. The van der Waals surface area contributed by atoms with Crippen LogP contribution in [0.25, 0.3) is 22.5 Å². The quantitative estimate of drug-likeness (QED) is 0.118. The molecule has 2 fully saturated rings. The second-order valence-corrected chi connectivity index (χ2v) is 20.6. The Labute approximate surface area is 371 Å². The van der Waals surface area contributed by atoms with E-state index >= 15 is 0 Å². The predicted octanol–water partition coefficient (Wildman–Crippen LogP) is 8.75. The first-order chi connectivity index (χ1) is 28.5. The van der Waals surface area contributed by atoms with Gasteiger partial charge in [-0.05, 0) is 60.5 Å². The monoisotopic (exact) mass is 998 g/mol. The molecule has 0 bridgehead atoms. The number of ether oxygens (including phenoxy) is 1. The van der Waals surface area contributed by atoms with Crippen LogP contribution < -0.4 is 14.5 Å². The zero-order valence-corrected chi connectivity index (χ0v) is 39.0. The Kier molecular flexibility index (Phi) is 14.2. The number of halogens is 2. The molecule has 0 aliphatic carbocycles. The average Bonchev–Trinajstić information content (AvgIpc) is 3.99. The maximum absolute atomic E-state index is 13.0. The van der Waals surface area contributed by atoms with Crippen LogP contribution in [0.2, 0.25) is 0 Å². The van der Waals surface area contributed by atoms with Gasteiger partial charge in [0.15, 0.2) is 10.3 Å². The first-order valence-electron chi connectivity index (χ1n) is 18.9. The van der Waals surface area contributed by atoms with Gasteiger partial charge in [-0.25, -0.2) is 26.8 Å². The number of hydrogen-bond acceptors (Lipinski definition) is 11. The van der Waals surface area contributed by atoms with Gasteiger partial charge in [0, 0.05) is 84.9 Å². The number of para-hydroxylation sites is 1. The average molecular weight is 1000 g/mol. The molecule has 0 atom stereocenters. The molecule has 8 rings (SSSR count). The standard InChI is InChI=1S/C21H22BrN3O3S2.C21H22BrN3O2S2/c1-28-20-5-3-2-4-18(20)19-15-29-21(23-19)24-10-12-25(13-11-24)30(26,27)17-8-6-16(14-22)7-9-17;1-16-3-2-4-18(13-16)20-15-28-21(23-20)24-9-11-25(12-10-24)29(26,27)19-7-5-17(14-22)6-8-19/h2-9,15H,10-14H2,1H3;2-8,13,15H,9-12,14H2,1H3. The van der Waals surface area contributed by atoms with E-state index in [0.29, 0.717) is 72.8 Å². The molecule has 11 nitrogen and oxygen atoms in total. The third-order valence-corrected chi connectivity index (χ3v) is 17.1. The molecule has 17 heteroatoms. The Morgan fingerprint density at radius 1 is 0.610 bits per heavy atom. The fraction of sp³-hybridized carbons (Fsp3) is 0.286. The van der Waals surface area contributed by atoms with E-state index in [9.17, 15) is 16.8 Å². The van der Waals surface area contributed by atoms with Gasteiger partial charge in [-0.2, -0.15) is 8.61 Å². The summed E-state index contributed by atoms with van der Waals surface area (Å²) in [7, 11) is -5.29. The fourth-order valence-corrected chi connectivity index (χ4v) is 12.1. The summed E-state index contributed by atoms with van der Waals surface area (Å²) in [6.45, 7) is 6.36. The van der Waals surface area contributed by atoms with Crippen molar-refractivity contribution in [3.63, 3.8) is 0 Å². The van der Waals surface area contributed by atoms with Crippen molar-refractivity contribution >= 4 is 84.8 Å². The van der Waals surface area contributed by atoms with Crippen molar-refractivity contribution < 1.29 is 21.6 Å². The lowest BCUT2D eigenvalue weighted by Crippen LogP contribution is -2.48. The van der Waals surface area contributed by atoms with Crippen LogP contribution in [0.5, 0.6) is 5.75 Å². The van der Waals surface area contributed by atoms with E-state index in [1.807, 2.05) is 60.0 Å². The maximum atomic E-state index is 13.0. The summed E-state index contributed by atoms with van der Waals surface area (Å²) in [4.78, 5) is 14.6. The number of anilines is 2. The van der Waals surface area contributed by atoms with Crippen molar-refractivity contribution in [1.82, 2.24) is 18.6 Å². The molecule has 0 radical (unpaired) electrons. The van der Waals surface area contributed by atoms with E-state index < -0.39 is 20.0 Å². The number of aromatic nitrogens is 2. The minimum absolute atomic E-state index is 0.341. The van der Waals surface area contributed by atoms with Crippen LogP contribution >= 0.6 is 54.5 Å². The molecule has 0 spiro atoms. The summed E-state index contributed by atoms with van der Waals surface area (Å²) < 4.78 is 60.4. The van der Waals surface area contributed by atoms with Crippen LogP contribution in [-0.2, 0) is 30.7 Å². The van der Waals surface area contributed by atoms with Gasteiger partial charge in [-0.3, -0.25) is 0 Å². The minimum Gasteiger partial charge on any atom is -0.496 e. The molecule has 0 unspecified atom stereocenters. The predicted molar refractivity (Wildman–Crippen MR) is 246 cm³/mol. The number of methoxy groups -OCH3 is 1. The Hall–Kier alpha value is -3.68. The molecule has 6 aromatic rings. The Morgan fingerprint density at radius 3 is 1.56 bits per heavy atom. The van der Waals surface area contributed by atoms with Gasteiger partial charge in [0.05, 0.1) is 28.3 Å². The lowest BCUT2D eigenvalue weighted by molar-refractivity contribution is 0.384. The van der Waals surface area contributed by atoms with E-state index in [4.69, 9.17) is 14.7 Å². The van der Waals surface area contributed by atoms with Crippen molar-refractivity contribution in [2.75, 3.05) is 69.3 Å². The van der Waals surface area contributed by atoms with Gasteiger partial charge in [0.25, 0.3) is 0 Å². The van der Waals surface area contributed by atoms with Gasteiger partial charge in [-0.15, -0.1) is 22.7 Å². The molecule has 59 heavy (non-hydrogen) atoms. The number of nitrogens with zero attached hydrogens (tertiary/aromatic N) is 6. The summed E-state index contributed by atoms with van der Waals surface area (Å²) in [6, 6.07) is 30.2. The number of benzene rings is 4. The molecule has 0 amide bonds. The number of thiazole rings is 2. The smallest absolute Gasteiger partial charge is 0.243 e. The first-order valence-corrected chi connectivity index (χ1v) is 25.8. The van der Waals surface area contributed by atoms with E-state index in [-0.39, 0.29) is 0 Å². The van der Waals surface area contributed by atoms with Crippen LogP contribution in [0, 0.1) is 6.92 Å². The van der Waals surface area contributed by atoms with E-state index in [1.165, 1.54) is 5.56 Å². The van der Waals surface area contributed by atoms with Crippen LogP contribution in [-0.4, -0.2) is 94.9 Å². The molecule has 2 saturated heterocycles. The van der Waals surface area contributed by atoms with Crippen LogP contribution in [0.3, 0.4) is 0 Å². The first kappa shape index (κ1) is 43.4. The number of aryl methyl sites for hydroxylation is 1. The van der Waals surface area contributed by atoms with Crippen molar-refractivity contribution in [2.45, 2.75) is 27.4 Å². The highest BCUT2D eigenvalue weighted by Gasteiger charge is 2.31. The van der Waals surface area contributed by atoms with Crippen molar-refractivity contribution in [3.05, 3.63) is 125 Å². The summed E-state index contributed by atoms with van der Waals surface area (Å²) in [5.74, 6) is 0.788. The van der Waals surface area contributed by atoms with Gasteiger partial charge >= 0.3 is 0 Å². The molecule has 0 N–H and O–H groups in total. The SMILES string of the molecule is COc1ccccc1-c1csc(N2CCN(S(=O)(=O)c3ccc(CBr)cc3)CC2)n1.Cc1cccc(-c2csc(N3CCN(S(=O)(=O)c4ccc(CBr)cc4)CC3)n2)c1. The number of alkyl halides is 2. The molecule has 2 aromatic heterocycles. The Balaban J connectivity index is 0.000000179. The molecular formula is C42H44Br2N6O5S4. The van der Waals surface area contributed by atoms with Crippen LogP contribution in [0.1, 0.15) is 16.7 Å². The van der Waals surface area contributed by atoms with Crippen LogP contribution in [0.4, 0.5) is 10.3 Å². The fourth-order valence-electron chi connectivity index (χ4n) is 6.77. The number of hydrogen-bond donors (Lipinski definition) is 0. The molecule has 310 valence electrons. The largest absolute Gasteiger partial charge is 0.496 e. The molecular weight excluding hydrogens is 957 g/mol. The highest BCUT2D eigenvalue weighted by Crippen LogP contribution is 2.34. The summed E-state index contributed by atoms with van der Waals surface area (Å²) in [5.41, 5.74) is 7.22. The lowest BCUT2D eigenvalue weighted by atomic mass is 10.1. The van der Waals surface area contributed by atoms with Gasteiger partial charge in [0.1, 0.15) is 5.75 Å². The second kappa shape index (κ2) is 19.4. The zero-order chi connectivity index (χ0) is 41.6. The number of piperazine rings is 2. The van der Waals surface area contributed by atoms with Crippen molar-refractivity contribution in [2.24, 2.45) is 0 Å². The van der Waals surface area contributed by atoms with E-state index in [0.717, 1.165) is 49.7 Å². The molecule has 2 aliphatic rings. The van der Waals surface area contributed by atoms with Gasteiger partial charge in [-0.1, -0.05) is 92.0 Å². The van der Waals surface area contributed by atoms with E-state index in [2.05, 4.69) is 72.2 Å². The van der Waals surface area contributed by atoms with Crippen LogP contribution in [0.15, 0.2) is 118 Å². The zero-order valence-electron chi connectivity index (χ0n) is 32.6. The number of rotatable bonds is 11. The molecule has 4 heterocycles. The highest BCUT2D eigenvalue weighted by molar-refractivity contribution is 9.08. The van der Waals surface area contributed by atoms with Crippen molar-refractivity contribution in [1.29, 1.82) is 0 Å². The maximum Gasteiger partial charge on any atom is 0.243 e. The normalized spacial score (nSPS) is 15.5. The minimum atomic E-state index is -3.48.